The Bertz CT molecular complexity index is 659. The second-order valence-electron chi connectivity index (χ2n) is 4.34. The van der Waals surface area contributed by atoms with Gasteiger partial charge >= 0.3 is 0 Å². The van der Waals surface area contributed by atoms with E-state index in [0.717, 1.165) is 0 Å². The van der Waals surface area contributed by atoms with Crippen LogP contribution in [-0.2, 0) is 4.79 Å². The van der Waals surface area contributed by atoms with Gasteiger partial charge in [0, 0.05) is 29.6 Å². The van der Waals surface area contributed by atoms with Gasteiger partial charge < -0.3 is 5.32 Å². The van der Waals surface area contributed by atoms with Crippen LogP contribution in [0, 0.1) is 5.82 Å². The molecule has 21 heavy (non-hydrogen) atoms. The molecule has 0 aliphatic rings. The zero-order chi connectivity index (χ0) is 15.2. The number of benzene rings is 1. The van der Waals surface area contributed by atoms with Gasteiger partial charge in [-0.1, -0.05) is 11.6 Å². The Labute approximate surface area is 126 Å². The molecule has 108 valence electrons. The van der Waals surface area contributed by atoms with Gasteiger partial charge in [-0.3, -0.25) is 9.59 Å². The number of anilines is 1. The van der Waals surface area contributed by atoms with Crippen molar-refractivity contribution in [3.05, 3.63) is 59.0 Å². The largest absolute Gasteiger partial charge is 0.311 e. The van der Waals surface area contributed by atoms with Crippen LogP contribution in [0.2, 0.25) is 5.02 Å². The Hall–Kier alpha value is -2.27. The first kappa shape index (κ1) is 15.1. The lowest BCUT2D eigenvalue weighted by Crippen LogP contribution is -2.14. The molecule has 1 N–H and O–H groups in total. The Balaban J connectivity index is 1.86. The minimum absolute atomic E-state index is 0.0183. The summed E-state index contributed by atoms with van der Waals surface area (Å²) in [4.78, 5) is 27.5. The zero-order valence-electron chi connectivity index (χ0n) is 11.0. The van der Waals surface area contributed by atoms with E-state index in [1.165, 1.54) is 36.5 Å². The van der Waals surface area contributed by atoms with Crippen LogP contribution in [0.1, 0.15) is 23.2 Å². The molecule has 0 fully saturated rings. The monoisotopic (exact) mass is 306 g/mol. The average molecular weight is 307 g/mol. The molecule has 0 saturated heterocycles. The quantitative estimate of drug-likeness (QED) is 0.860. The zero-order valence-corrected chi connectivity index (χ0v) is 11.7. The summed E-state index contributed by atoms with van der Waals surface area (Å²) in [6, 6.07) is 8.32. The number of nitrogens with zero attached hydrogens (tertiary/aromatic N) is 1. The Morgan fingerprint density at radius 3 is 2.52 bits per heavy atom. The second kappa shape index (κ2) is 6.95. The summed E-state index contributed by atoms with van der Waals surface area (Å²) >= 11 is 5.77. The van der Waals surface area contributed by atoms with Gasteiger partial charge in [-0.2, -0.15) is 0 Å². The van der Waals surface area contributed by atoms with E-state index in [0.29, 0.717) is 16.4 Å². The predicted octanol–water partition coefficient (Wildman–Crippen LogP) is 3.48. The molecule has 2 rings (SSSR count). The molecule has 1 heterocycles. The first-order chi connectivity index (χ1) is 10.0. The summed E-state index contributed by atoms with van der Waals surface area (Å²) in [6.07, 6.45) is 1.53. The molecule has 6 heteroatoms. The molecular weight excluding hydrogens is 295 g/mol. The van der Waals surface area contributed by atoms with Crippen LogP contribution in [0.25, 0.3) is 0 Å². The van der Waals surface area contributed by atoms with Gasteiger partial charge in [0.2, 0.25) is 5.91 Å². The number of pyridine rings is 1. The number of halogens is 2. The molecule has 0 bridgehead atoms. The van der Waals surface area contributed by atoms with E-state index in [4.69, 9.17) is 11.6 Å². The molecule has 1 aromatic heterocycles. The number of Topliss-reactive ketones (excluding diaryl/α,β-unsaturated/α-hetero) is 1. The molecular formula is C15H12ClFN2O2. The van der Waals surface area contributed by atoms with Crippen molar-refractivity contribution in [1.29, 1.82) is 0 Å². The summed E-state index contributed by atoms with van der Waals surface area (Å²) in [5.74, 6) is -0.623. The second-order valence-corrected chi connectivity index (χ2v) is 4.77. The molecule has 2 aromatic rings. The van der Waals surface area contributed by atoms with E-state index in [2.05, 4.69) is 10.3 Å². The van der Waals surface area contributed by atoms with Crippen molar-refractivity contribution in [2.45, 2.75) is 12.8 Å². The van der Waals surface area contributed by atoms with Crippen LogP contribution in [0.3, 0.4) is 0 Å². The highest BCUT2D eigenvalue weighted by Crippen LogP contribution is 2.13. The first-order valence-electron chi connectivity index (χ1n) is 6.25. The van der Waals surface area contributed by atoms with Gasteiger partial charge in [-0.25, -0.2) is 9.37 Å². The molecule has 1 aromatic carbocycles. The standard InChI is InChI=1S/C15H12ClFN2O2/c16-11-7-8-18-14(9-11)19-15(21)6-5-13(20)10-1-3-12(17)4-2-10/h1-4,7-9H,5-6H2,(H,18,19,21). The van der Waals surface area contributed by atoms with Crippen molar-refractivity contribution < 1.29 is 14.0 Å². The van der Waals surface area contributed by atoms with Gasteiger partial charge in [0.25, 0.3) is 0 Å². The number of hydrogen-bond acceptors (Lipinski definition) is 3. The number of carbonyl (C=O) groups excluding carboxylic acids is 2. The molecule has 0 spiro atoms. The van der Waals surface area contributed by atoms with Gasteiger partial charge in [-0.05, 0) is 36.4 Å². The van der Waals surface area contributed by atoms with Crippen molar-refractivity contribution in [3.63, 3.8) is 0 Å². The number of aromatic nitrogens is 1. The van der Waals surface area contributed by atoms with E-state index >= 15 is 0 Å². The fourth-order valence-corrected chi connectivity index (χ4v) is 1.85. The van der Waals surface area contributed by atoms with Crippen molar-refractivity contribution in [3.8, 4) is 0 Å². The van der Waals surface area contributed by atoms with Gasteiger partial charge in [0.05, 0.1) is 0 Å². The normalized spacial score (nSPS) is 10.2. The fourth-order valence-electron chi connectivity index (χ4n) is 1.69. The first-order valence-corrected chi connectivity index (χ1v) is 6.62. The van der Waals surface area contributed by atoms with Gasteiger partial charge in [-0.15, -0.1) is 0 Å². The predicted molar refractivity (Wildman–Crippen MR) is 77.8 cm³/mol. The highest BCUT2D eigenvalue weighted by Gasteiger charge is 2.10. The van der Waals surface area contributed by atoms with Crippen molar-refractivity contribution in [2.24, 2.45) is 0 Å². The minimum Gasteiger partial charge on any atom is -0.311 e. The number of ketones is 1. The average Bonchev–Trinajstić information content (AvgIpc) is 2.45. The molecule has 0 aliphatic heterocycles. The van der Waals surface area contributed by atoms with Crippen LogP contribution in [0.5, 0.6) is 0 Å². The van der Waals surface area contributed by atoms with Crippen LogP contribution >= 0.6 is 11.6 Å². The third-order valence-corrected chi connectivity index (χ3v) is 2.97. The lowest BCUT2D eigenvalue weighted by atomic mass is 10.1. The van der Waals surface area contributed by atoms with Gasteiger partial charge in [0.15, 0.2) is 5.78 Å². The van der Waals surface area contributed by atoms with E-state index in [1.807, 2.05) is 0 Å². The molecule has 0 atom stereocenters. The topological polar surface area (TPSA) is 59.1 Å². The molecule has 0 aliphatic carbocycles. The third-order valence-electron chi connectivity index (χ3n) is 2.73. The minimum atomic E-state index is -0.406. The summed E-state index contributed by atoms with van der Waals surface area (Å²) in [7, 11) is 0. The summed E-state index contributed by atoms with van der Waals surface area (Å²) in [6.45, 7) is 0. The number of hydrogen-bond donors (Lipinski definition) is 1. The lowest BCUT2D eigenvalue weighted by molar-refractivity contribution is -0.116. The van der Waals surface area contributed by atoms with Gasteiger partial charge in [0.1, 0.15) is 11.6 Å². The Morgan fingerprint density at radius 1 is 1.14 bits per heavy atom. The molecule has 0 radical (unpaired) electrons. The number of nitrogens with one attached hydrogen (secondary N) is 1. The number of amides is 1. The number of carbonyl (C=O) groups is 2. The maximum Gasteiger partial charge on any atom is 0.225 e. The smallest absolute Gasteiger partial charge is 0.225 e. The third kappa shape index (κ3) is 4.65. The highest BCUT2D eigenvalue weighted by atomic mass is 35.5. The van der Waals surface area contributed by atoms with E-state index in [9.17, 15) is 14.0 Å². The summed E-state index contributed by atoms with van der Waals surface area (Å²) in [5, 5.41) is 3.01. The number of rotatable bonds is 5. The fraction of sp³-hybridized carbons (Fsp3) is 0.133. The van der Waals surface area contributed by atoms with Crippen molar-refractivity contribution in [1.82, 2.24) is 4.98 Å². The maximum absolute atomic E-state index is 12.7. The summed E-state index contributed by atoms with van der Waals surface area (Å²) < 4.78 is 12.7. The van der Waals surface area contributed by atoms with E-state index in [-0.39, 0.29) is 24.5 Å². The van der Waals surface area contributed by atoms with Crippen LogP contribution in [-0.4, -0.2) is 16.7 Å². The SMILES string of the molecule is O=C(CCC(=O)c1ccc(F)cc1)Nc1cc(Cl)ccn1. The van der Waals surface area contributed by atoms with Crippen molar-refractivity contribution >= 4 is 29.1 Å². The highest BCUT2D eigenvalue weighted by molar-refractivity contribution is 6.30. The van der Waals surface area contributed by atoms with Crippen LogP contribution in [0.15, 0.2) is 42.6 Å². The Kier molecular flexibility index (Phi) is 5.00. The van der Waals surface area contributed by atoms with Crippen LogP contribution in [0.4, 0.5) is 10.2 Å². The molecule has 4 nitrogen and oxygen atoms in total. The molecule has 0 unspecified atom stereocenters. The lowest BCUT2D eigenvalue weighted by Gasteiger charge is -2.04. The molecule has 1 amide bonds. The Morgan fingerprint density at radius 2 is 1.86 bits per heavy atom. The maximum atomic E-state index is 12.7. The van der Waals surface area contributed by atoms with E-state index < -0.39 is 5.82 Å². The van der Waals surface area contributed by atoms with Crippen molar-refractivity contribution in [2.75, 3.05) is 5.32 Å². The van der Waals surface area contributed by atoms with E-state index in [1.54, 1.807) is 6.07 Å². The summed E-state index contributed by atoms with van der Waals surface area (Å²) in [5.41, 5.74) is 0.380. The van der Waals surface area contributed by atoms with Crippen LogP contribution < -0.4 is 5.32 Å². The molecule has 0 saturated carbocycles.